The largest absolute Gasteiger partial charge is 0.467 e. The van der Waals surface area contributed by atoms with E-state index in [1.165, 1.54) is 0 Å². The summed E-state index contributed by atoms with van der Waals surface area (Å²) >= 11 is 0. The van der Waals surface area contributed by atoms with Gasteiger partial charge in [0.25, 0.3) is 0 Å². The monoisotopic (exact) mass is 512 g/mol. The molecule has 1 atom stereocenters. The van der Waals surface area contributed by atoms with Gasteiger partial charge in [0, 0.05) is 57.9 Å². The average Bonchev–Trinajstić information content (AvgIpc) is 3.60. The summed E-state index contributed by atoms with van der Waals surface area (Å²) in [6.07, 6.45) is 0.982. The fourth-order valence-corrected chi connectivity index (χ4v) is 4.63. The van der Waals surface area contributed by atoms with Gasteiger partial charge in [-0.2, -0.15) is 0 Å². The van der Waals surface area contributed by atoms with E-state index in [9.17, 15) is 5.11 Å². The SMILES string of the molecule is CCN(CC)c1onc(-c2ccccc2)c1CN(CCN1CCOCC1)CC(O)COCc1ccco1. The zero-order chi connectivity index (χ0) is 25.9. The maximum absolute atomic E-state index is 10.9. The summed E-state index contributed by atoms with van der Waals surface area (Å²) in [5, 5.41) is 15.4. The Morgan fingerprint density at radius 2 is 1.86 bits per heavy atom. The number of ether oxygens (including phenoxy) is 2. The van der Waals surface area contributed by atoms with Gasteiger partial charge >= 0.3 is 0 Å². The van der Waals surface area contributed by atoms with Crippen molar-refractivity contribution in [2.45, 2.75) is 33.1 Å². The highest BCUT2D eigenvalue weighted by molar-refractivity contribution is 5.68. The molecule has 1 aromatic carbocycles. The van der Waals surface area contributed by atoms with Crippen LogP contribution in [0.15, 0.2) is 57.7 Å². The molecule has 0 radical (unpaired) electrons. The molecule has 1 saturated heterocycles. The van der Waals surface area contributed by atoms with Crippen LogP contribution in [0.25, 0.3) is 11.3 Å². The Bertz CT molecular complexity index is 1020. The van der Waals surface area contributed by atoms with Crippen molar-refractivity contribution >= 4 is 5.88 Å². The first-order chi connectivity index (χ1) is 18.2. The zero-order valence-corrected chi connectivity index (χ0v) is 22.1. The first-order valence-corrected chi connectivity index (χ1v) is 13.3. The Kier molecular flexibility index (Phi) is 10.6. The van der Waals surface area contributed by atoms with Crippen LogP contribution in [0.2, 0.25) is 0 Å². The van der Waals surface area contributed by atoms with E-state index in [0.29, 0.717) is 19.7 Å². The molecular weight excluding hydrogens is 472 g/mol. The van der Waals surface area contributed by atoms with E-state index in [1.54, 1.807) is 6.26 Å². The summed E-state index contributed by atoms with van der Waals surface area (Å²) in [4.78, 5) is 6.88. The van der Waals surface area contributed by atoms with E-state index < -0.39 is 6.10 Å². The van der Waals surface area contributed by atoms with Crippen molar-refractivity contribution in [2.75, 3.05) is 70.5 Å². The van der Waals surface area contributed by atoms with Crippen molar-refractivity contribution in [1.29, 1.82) is 0 Å². The van der Waals surface area contributed by atoms with Crippen molar-refractivity contribution < 1.29 is 23.5 Å². The molecule has 2 aromatic heterocycles. The Labute approximate surface area is 219 Å². The maximum atomic E-state index is 10.9. The second kappa shape index (κ2) is 14.3. The number of benzene rings is 1. The van der Waals surface area contributed by atoms with Gasteiger partial charge in [-0.05, 0) is 26.0 Å². The predicted octanol–water partition coefficient (Wildman–Crippen LogP) is 3.49. The lowest BCUT2D eigenvalue weighted by Crippen LogP contribution is -2.43. The molecule has 0 amide bonds. The summed E-state index contributed by atoms with van der Waals surface area (Å²) in [5.41, 5.74) is 2.91. The lowest BCUT2D eigenvalue weighted by Gasteiger charge is -2.31. The highest BCUT2D eigenvalue weighted by Gasteiger charge is 2.25. The fraction of sp³-hybridized carbons (Fsp3) is 0.536. The lowest BCUT2D eigenvalue weighted by molar-refractivity contribution is -0.00150. The van der Waals surface area contributed by atoms with E-state index in [4.69, 9.17) is 18.4 Å². The number of furan rings is 1. The van der Waals surface area contributed by atoms with Gasteiger partial charge in [-0.3, -0.25) is 9.80 Å². The number of hydrogen-bond acceptors (Lipinski definition) is 9. The highest BCUT2D eigenvalue weighted by atomic mass is 16.5. The van der Waals surface area contributed by atoms with E-state index in [0.717, 1.165) is 80.9 Å². The molecule has 37 heavy (non-hydrogen) atoms. The summed E-state index contributed by atoms with van der Waals surface area (Å²) in [5.74, 6) is 1.54. The van der Waals surface area contributed by atoms with Crippen LogP contribution in [0.1, 0.15) is 25.2 Å². The van der Waals surface area contributed by atoms with Gasteiger partial charge in [-0.15, -0.1) is 0 Å². The maximum Gasteiger partial charge on any atom is 0.232 e. The molecule has 3 aromatic rings. The number of morpholine rings is 1. The Morgan fingerprint density at radius 3 is 2.57 bits per heavy atom. The molecule has 0 aliphatic carbocycles. The molecule has 1 aliphatic rings. The van der Waals surface area contributed by atoms with Crippen LogP contribution in [0.5, 0.6) is 0 Å². The number of aliphatic hydroxyl groups excluding tert-OH is 1. The smallest absolute Gasteiger partial charge is 0.232 e. The molecule has 0 saturated carbocycles. The molecule has 9 nitrogen and oxygen atoms in total. The van der Waals surface area contributed by atoms with Crippen molar-refractivity contribution in [3.8, 4) is 11.3 Å². The minimum atomic E-state index is -0.642. The van der Waals surface area contributed by atoms with Crippen LogP contribution < -0.4 is 4.90 Å². The Morgan fingerprint density at radius 1 is 1.08 bits per heavy atom. The molecule has 1 N–H and O–H groups in total. The van der Waals surface area contributed by atoms with Crippen LogP contribution in [-0.4, -0.2) is 91.8 Å². The molecule has 0 bridgehead atoms. The quantitative estimate of drug-likeness (QED) is 0.329. The van der Waals surface area contributed by atoms with Gasteiger partial charge in [0.1, 0.15) is 18.1 Å². The minimum Gasteiger partial charge on any atom is -0.467 e. The lowest BCUT2D eigenvalue weighted by atomic mass is 10.1. The van der Waals surface area contributed by atoms with E-state index in [-0.39, 0.29) is 6.61 Å². The second-order valence-corrected chi connectivity index (χ2v) is 9.29. The van der Waals surface area contributed by atoms with Crippen molar-refractivity contribution in [1.82, 2.24) is 15.0 Å². The van der Waals surface area contributed by atoms with Crippen molar-refractivity contribution in [3.63, 3.8) is 0 Å². The third-order valence-electron chi connectivity index (χ3n) is 6.69. The van der Waals surface area contributed by atoms with Crippen molar-refractivity contribution in [3.05, 3.63) is 60.1 Å². The number of aromatic nitrogens is 1. The topological polar surface area (TPSA) is 87.6 Å². The van der Waals surface area contributed by atoms with Gasteiger partial charge in [-0.1, -0.05) is 35.5 Å². The number of rotatable bonds is 15. The van der Waals surface area contributed by atoms with Gasteiger partial charge in [0.05, 0.1) is 37.8 Å². The number of anilines is 1. The molecular formula is C28H40N4O5. The third kappa shape index (κ3) is 7.90. The van der Waals surface area contributed by atoms with Crippen LogP contribution in [0, 0.1) is 0 Å². The van der Waals surface area contributed by atoms with Crippen LogP contribution >= 0.6 is 0 Å². The summed E-state index contributed by atoms with van der Waals surface area (Å²) in [6.45, 7) is 12.6. The van der Waals surface area contributed by atoms with Gasteiger partial charge in [-0.25, -0.2) is 0 Å². The first kappa shape index (κ1) is 27.3. The molecule has 202 valence electrons. The summed E-state index contributed by atoms with van der Waals surface area (Å²) in [6, 6.07) is 13.8. The fourth-order valence-electron chi connectivity index (χ4n) is 4.63. The summed E-state index contributed by atoms with van der Waals surface area (Å²) < 4.78 is 22.5. The van der Waals surface area contributed by atoms with Crippen LogP contribution in [0.3, 0.4) is 0 Å². The molecule has 1 aliphatic heterocycles. The molecule has 1 fully saturated rings. The standard InChI is InChI=1S/C28H40N4O5/c1-3-32(4-2)28-26(27(29-37-28)23-9-6-5-7-10-23)20-31(13-12-30-14-17-34-18-15-30)19-24(33)21-35-22-25-11-8-16-36-25/h5-11,16,24,33H,3-4,12-15,17-22H2,1-2H3. The first-order valence-electron chi connectivity index (χ1n) is 13.3. The Balaban J connectivity index is 1.50. The van der Waals surface area contributed by atoms with Crippen molar-refractivity contribution in [2.24, 2.45) is 0 Å². The number of hydrogen-bond donors (Lipinski definition) is 1. The molecule has 4 rings (SSSR count). The highest BCUT2D eigenvalue weighted by Crippen LogP contribution is 2.32. The zero-order valence-electron chi connectivity index (χ0n) is 22.1. The van der Waals surface area contributed by atoms with E-state index >= 15 is 0 Å². The number of nitrogens with zero attached hydrogens (tertiary/aromatic N) is 4. The van der Waals surface area contributed by atoms with Gasteiger partial charge in [0.15, 0.2) is 0 Å². The van der Waals surface area contributed by atoms with E-state index in [1.807, 2.05) is 30.3 Å². The molecule has 9 heteroatoms. The average molecular weight is 513 g/mol. The van der Waals surface area contributed by atoms with Gasteiger partial charge in [0.2, 0.25) is 5.88 Å². The Hall–Kier alpha value is -2.69. The van der Waals surface area contributed by atoms with Gasteiger partial charge < -0.3 is 28.4 Å². The van der Waals surface area contributed by atoms with E-state index in [2.05, 4.69) is 45.8 Å². The second-order valence-electron chi connectivity index (χ2n) is 9.29. The normalized spacial score (nSPS) is 15.4. The minimum absolute atomic E-state index is 0.229. The predicted molar refractivity (Wildman–Crippen MR) is 142 cm³/mol. The summed E-state index contributed by atoms with van der Waals surface area (Å²) in [7, 11) is 0. The number of aliphatic hydroxyl groups is 1. The molecule has 3 heterocycles. The van der Waals surface area contributed by atoms with Crippen LogP contribution in [-0.2, 0) is 22.6 Å². The molecule has 0 spiro atoms. The van der Waals surface area contributed by atoms with Crippen LogP contribution in [0.4, 0.5) is 5.88 Å². The molecule has 1 unspecified atom stereocenters. The third-order valence-corrected chi connectivity index (χ3v) is 6.69.